The Balaban J connectivity index is 0.000000340. The largest absolute Gasteiger partial charge is 0.489 e. The minimum Gasteiger partial charge on any atom is -0.489 e. The molecule has 3 aliphatic rings. The number of carbonyl (C=O) groups is 6. The standard InChI is InChI=1S/C34H47N5O4.C15H18ClNO.C2H3NO2/c1-5-6-25(2)36(4)34(43)32-10-9-31(20-30(32)24-41)38-13-11-26(12-14-38)22-37-15-17-39(18-16-37)33(42)27-7-8-28(23-40)29(19-27)21-35-3;1-14(2)9-15(3,4)13(14)18-11-6-5-10(8-17)12(16)7-11;4-1-3-2-5/h7-10,19-20,23-26,35H,5-6,11-18,21-22H2,1-4H3;5-7,13H,9H2,1-4H3;1-2H,(H,3,4,5). The van der Waals surface area contributed by atoms with E-state index in [1.165, 1.54) is 0 Å². The number of piperidine rings is 1. The molecular weight excluding hydrogens is 858 g/mol. The summed E-state index contributed by atoms with van der Waals surface area (Å²) in [5.74, 6) is 1.24. The maximum absolute atomic E-state index is 13.2. The number of rotatable bonds is 16. The molecule has 66 heavy (non-hydrogen) atoms. The first-order valence-corrected chi connectivity index (χ1v) is 23.2. The van der Waals surface area contributed by atoms with E-state index in [2.05, 4.69) is 49.7 Å². The van der Waals surface area contributed by atoms with Gasteiger partial charge in [0.1, 0.15) is 24.2 Å². The van der Waals surface area contributed by atoms with Crippen molar-refractivity contribution in [1.29, 1.82) is 5.26 Å². The van der Waals surface area contributed by atoms with Gasteiger partial charge in [0, 0.05) is 105 Å². The fourth-order valence-electron chi connectivity index (χ4n) is 9.72. The van der Waals surface area contributed by atoms with E-state index in [0.717, 1.165) is 94.4 Å². The number of nitrogens with one attached hydrogen (secondary N) is 2. The van der Waals surface area contributed by atoms with E-state index in [4.69, 9.17) is 31.2 Å². The third-order valence-electron chi connectivity index (χ3n) is 12.9. The summed E-state index contributed by atoms with van der Waals surface area (Å²) >= 11 is 6.01. The first-order chi connectivity index (χ1) is 31.5. The lowest BCUT2D eigenvalue weighted by Crippen LogP contribution is -2.58. The third kappa shape index (κ3) is 14.0. The lowest BCUT2D eigenvalue weighted by molar-refractivity contribution is -0.133. The molecule has 4 amide bonds. The number of nitriles is 1. The minimum absolute atomic E-state index is 0.0206. The molecule has 3 fully saturated rings. The number of anilines is 1. The van der Waals surface area contributed by atoms with E-state index in [0.29, 0.717) is 71.2 Å². The Hall–Kier alpha value is -5.62. The van der Waals surface area contributed by atoms with Gasteiger partial charge < -0.3 is 30.1 Å². The smallest absolute Gasteiger partial charge is 0.254 e. The highest BCUT2D eigenvalue weighted by Gasteiger charge is 2.55. The minimum atomic E-state index is -0.107. The van der Waals surface area contributed by atoms with Gasteiger partial charge in [-0.25, -0.2) is 0 Å². The van der Waals surface area contributed by atoms with Gasteiger partial charge in [-0.15, -0.1) is 0 Å². The highest BCUT2D eigenvalue weighted by atomic mass is 35.5. The summed E-state index contributed by atoms with van der Waals surface area (Å²) in [5, 5.41) is 14.1. The van der Waals surface area contributed by atoms with Crippen LogP contribution in [-0.4, -0.2) is 124 Å². The highest BCUT2D eigenvalue weighted by molar-refractivity contribution is 6.31. The summed E-state index contributed by atoms with van der Waals surface area (Å²) in [4.78, 5) is 76.1. The van der Waals surface area contributed by atoms with Crippen molar-refractivity contribution < 1.29 is 33.5 Å². The monoisotopic (exact) mass is 925 g/mol. The Morgan fingerprint density at radius 2 is 1.56 bits per heavy atom. The Morgan fingerprint density at radius 1 is 0.909 bits per heavy atom. The van der Waals surface area contributed by atoms with E-state index in [1.807, 2.05) is 62.3 Å². The number of imide groups is 1. The van der Waals surface area contributed by atoms with Crippen molar-refractivity contribution in [3.63, 3.8) is 0 Å². The third-order valence-corrected chi connectivity index (χ3v) is 13.2. The van der Waals surface area contributed by atoms with Gasteiger partial charge >= 0.3 is 0 Å². The summed E-state index contributed by atoms with van der Waals surface area (Å²) in [5.41, 5.74) is 4.84. The maximum Gasteiger partial charge on any atom is 0.254 e. The van der Waals surface area contributed by atoms with E-state index in [9.17, 15) is 19.2 Å². The van der Waals surface area contributed by atoms with Crippen LogP contribution in [0, 0.1) is 28.1 Å². The first-order valence-electron chi connectivity index (χ1n) is 22.8. The van der Waals surface area contributed by atoms with Crippen LogP contribution in [0.15, 0.2) is 54.6 Å². The predicted octanol–water partition coefficient (Wildman–Crippen LogP) is 7.27. The molecule has 6 rings (SSSR count). The molecule has 1 atom stereocenters. The van der Waals surface area contributed by atoms with Crippen LogP contribution in [0.4, 0.5) is 5.69 Å². The van der Waals surface area contributed by atoms with Crippen molar-refractivity contribution in [2.24, 2.45) is 16.7 Å². The fraction of sp³-hybridized carbons (Fsp3) is 0.510. The number of hydrogen-bond acceptors (Lipinski definition) is 11. The van der Waals surface area contributed by atoms with Gasteiger partial charge in [-0.1, -0.05) is 58.7 Å². The molecule has 15 heteroatoms. The molecule has 2 heterocycles. The normalized spacial score (nSPS) is 17.2. The van der Waals surface area contributed by atoms with E-state index in [-0.39, 0.29) is 34.8 Å². The van der Waals surface area contributed by atoms with Crippen LogP contribution in [0.25, 0.3) is 0 Å². The molecule has 1 unspecified atom stereocenters. The number of hydrogen-bond donors (Lipinski definition) is 2. The Kier molecular flexibility index (Phi) is 19.9. The lowest BCUT2D eigenvalue weighted by atomic mass is 9.53. The molecule has 0 radical (unpaired) electrons. The van der Waals surface area contributed by atoms with Gasteiger partial charge in [0.15, 0.2) is 6.29 Å². The van der Waals surface area contributed by atoms with Crippen molar-refractivity contribution >= 4 is 54.5 Å². The van der Waals surface area contributed by atoms with E-state index < -0.39 is 0 Å². The first kappa shape index (κ1) is 53.0. The zero-order valence-electron chi connectivity index (χ0n) is 39.9. The van der Waals surface area contributed by atoms with Crippen LogP contribution in [-0.2, 0) is 16.1 Å². The van der Waals surface area contributed by atoms with E-state index in [1.54, 1.807) is 34.5 Å². The van der Waals surface area contributed by atoms with Crippen LogP contribution in [0.2, 0.25) is 5.02 Å². The number of ether oxygens (including phenoxy) is 1. The number of carbonyl (C=O) groups excluding carboxylic acids is 6. The number of nitrogens with zero attached hydrogens (tertiary/aromatic N) is 5. The molecule has 0 aromatic heterocycles. The van der Waals surface area contributed by atoms with Crippen LogP contribution in [0.5, 0.6) is 5.75 Å². The Bertz CT molecular complexity index is 2170. The molecule has 0 bridgehead atoms. The van der Waals surface area contributed by atoms with Crippen molar-refractivity contribution in [3.05, 3.63) is 93.0 Å². The lowest BCUT2D eigenvalue weighted by Gasteiger charge is -2.56. The number of halogens is 1. The second-order valence-corrected chi connectivity index (χ2v) is 19.2. The second kappa shape index (κ2) is 24.8. The second-order valence-electron chi connectivity index (χ2n) is 18.8. The van der Waals surface area contributed by atoms with Gasteiger partial charge in [-0.05, 0) is 93.6 Å². The zero-order chi connectivity index (χ0) is 48.6. The quantitative estimate of drug-likeness (QED) is 0.139. The molecule has 1 aliphatic carbocycles. The molecular formula is C51H68ClN7O7. The van der Waals surface area contributed by atoms with Gasteiger partial charge in [0.2, 0.25) is 12.8 Å². The highest BCUT2D eigenvalue weighted by Crippen LogP contribution is 2.55. The summed E-state index contributed by atoms with van der Waals surface area (Å²) in [7, 11) is 3.63. The molecule has 2 N–H and O–H groups in total. The molecule has 356 valence electrons. The summed E-state index contributed by atoms with van der Waals surface area (Å²) < 4.78 is 6.07. The summed E-state index contributed by atoms with van der Waals surface area (Å²) in [6, 6.07) is 18.4. The topological polar surface area (TPSA) is 172 Å². The molecule has 3 aromatic rings. The number of piperazine rings is 1. The van der Waals surface area contributed by atoms with Crippen molar-refractivity contribution in [2.45, 2.75) is 92.3 Å². The van der Waals surface area contributed by atoms with Crippen molar-refractivity contribution in [3.8, 4) is 11.8 Å². The zero-order valence-corrected chi connectivity index (χ0v) is 40.7. The van der Waals surface area contributed by atoms with Crippen LogP contribution in [0.3, 0.4) is 0 Å². The number of benzene rings is 3. The average Bonchev–Trinajstić information content (AvgIpc) is 3.31. The van der Waals surface area contributed by atoms with Gasteiger partial charge in [-0.2, -0.15) is 5.26 Å². The van der Waals surface area contributed by atoms with E-state index >= 15 is 0 Å². The summed E-state index contributed by atoms with van der Waals surface area (Å²) in [6.07, 6.45) is 7.63. The van der Waals surface area contributed by atoms with Crippen LogP contribution < -0.4 is 20.3 Å². The molecule has 2 saturated heterocycles. The maximum atomic E-state index is 13.2. The molecule has 2 aliphatic heterocycles. The van der Waals surface area contributed by atoms with Crippen molar-refractivity contribution in [1.82, 2.24) is 25.3 Å². The Labute approximate surface area is 396 Å². The SMILES string of the molecule is CC1(C)CC(C)(C)C1Oc1ccc(C#N)c(Cl)c1.CCCC(C)N(C)C(=O)c1ccc(N2CCC(CN3CCN(C(=O)c4ccc(C=O)c(CNC)c4)CC3)CC2)cc1C=O.O=CNC=O. The molecule has 0 spiro atoms. The number of aldehydes is 2. The predicted molar refractivity (Wildman–Crippen MR) is 258 cm³/mol. The molecule has 1 saturated carbocycles. The number of amides is 4. The van der Waals surface area contributed by atoms with Crippen LogP contribution >= 0.6 is 11.6 Å². The van der Waals surface area contributed by atoms with Gasteiger partial charge in [0.25, 0.3) is 11.8 Å². The van der Waals surface area contributed by atoms with Crippen LogP contribution in [0.1, 0.15) is 126 Å². The average molecular weight is 927 g/mol. The molecule has 3 aromatic carbocycles. The fourth-order valence-corrected chi connectivity index (χ4v) is 9.93. The van der Waals surface area contributed by atoms with Gasteiger partial charge in [-0.3, -0.25) is 33.7 Å². The van der Waals surface area contributed by atoms with Crippen molar-refractivity contribution in [2.75, 3.05) is 64.8 Å². The summed E-state index contributed by atoms with van der Waals surface area (Å²) in [6.45, 7) is 19.5. The Morgan fingerprint density at radius 3 is 2.09 bits per heavy atom. The van der Waals surface area contributed by atoms with Gasteiger partial charge in [0.05, 0.1) is 16.1 Å². The molecule has 14 nitrogen and oxygen atoms in total.